The lowest BCUT2D eigenvalue weighted by Crippen LogP contribution is -2.11. The Bertz CT molecular complexity index is 538. The van der Waals surface area contributed by atoms with E-state index in [0.29, 0.717) is 5.56 Å². The van der Waals surface area contributed by atoms with Crippen molar-refractivity contribution in [2.75, 3.05) is 0 Å². The zero-order valence-electron chi connectivity index (χ0n) is 9.28. The maximum atomic E-state index is 12.9. The Morgan fingerprint density at radius 1 is 1.06 bits per heavy atom. The topological polar surface area (TPSA) is 33.1 Å². The Morgan fingerprint density at radius 3 is 2.28 bits per heavy atom. The smallest absolute Gasteiger partial charge is 0.392 e. The van der Waals surface area contributed by atoms with Crippen LogP contribution >= 0.6 is 0 Å². The summed E-state index contributed by atoms with van der Waals surface area (Å²) in [5, 5.41) is 9.17. The van der Waals surface area contributed by atoms with Gasteiger partial charge in [-0.1, -0.05) is 30.3 Å². The molecule has 1 aromatic carbocycles. The average Bonchev–Trinajstić information content (AvgIpc) is 2.38. The third-order valence-electron chi connectivity index (χ3n) is 2.54. The second kappa shape index (κ2) is 4.78. The van der Waals surface area contributed by atoms with Crippen molar-refractivity contribution in [1.29, 1.82) is 0 Å². The van der Waals surface area contributed by atoms with Crippen LogP contribution in [0, 0.1) is 0 Å². The molecule has 0 unspecified atom stereocenters. The van der Waals surface area contributed by atoms with Crippen LogP contribution in [0.5, 0.6) is 0 Å². The number of aliphatic hydroxyl groups excluding tert-OH is 1. The SMILES string of the molecule is OCc1ccnc(C(F)(F)F)c1-c1ccccc1. The van der Waals surface area contributed by atoms with Gasteiger partial charge in [0.05, 0.1) is 6.61 Å². The highest BCUT2D eigenvalue weighted by Crippen LogP contribution is 2.37. The maximum absolute atomic E-state index is 12.9. The van der Waals surface area contributed by atoms with Gasteiger partial charge in [0, 0.05) is 11.8 Å². The summed E-state index contributed by atoms with van der Waals surface area (Å²) in [7, 11) is 0. The summed E-state index contributed by atoms with van der Waals surface area (Å²) < 4.78 is 38.7. The van der Waals surface area contributed by atoms with Gasteiger partial charge in [0.1, 0.15) is 0 Å². The van der Waals surface area contributed by atoms with Crippen LogP contribution in [0.25, 0.3) is 11.1 Å². The molecule has 0 radical (unpaired) electrons. The number of alkyl halides is 3. The molecule has 2 aromatic rings. The fourth-order valence-corrected chi connectivity index (χ4v) is 1.78. The van der Waals surface area contributed by atoms with Crippen molar-refractivity contribution in [3.8, 4) is 11.1 Å². The summed E-state index contributed by atoms with van der Waals surface area (Å²) >= 11 is 0. The van der Waals surface area contributed by atoms with Crippen molar-refractivity contribution < 1.29 is 18.3 Å². The molecule has 0 saturated carbocycles. The second-order valence-electron chi connectivity index (χ2n) is 3.72. The van der Waals surface area contributed by atoms with Crippen LogP contribution in [-0.4, -0.2) is 10.1 Å². The highest BCUT2D eigenvalue weighted by Gasteiger charge is 2.36. The van der Waals surface area contributed by atoms with Gasteiger partial charge in [0.25, 0.3) is 0 Å². The number of halogens is 3. The Hall–Kier alpha value is -1.88. The van der Waals surface area contributed by atoms with Crippen LogP contribution in [0.2, 0.25) is 0 Å². The van der Waals surface area contributed by atoms with E-state index in [1.165, 1.54) is 6.07 Å². The summed E-state index contributed by atoms with van der Waals surface area (Å²) in [5.41, 5.74) is -0.432. The largest absolute Gasteiger partial charge is 0.433 e. The first kappa shape index (κ1) is 12.6. The normalized spacial score (nSPS) is 11.6. The summed E-state index contributed by atoms with van der Waals surface area (Å²) in [6.07, 6.45) is -3.49. The molecule has 2 rings (SSSR count). The minimum absolute atomic E-state index is 0.0619. The van der Waals surface area contributed by atoms with Crippen LogP contribution in [-0.2, 0) is 12.8 Å². The molecule has 0 aliphatic rings. The molecule has 5 heteroatoms. The number of rotatable bonds is 2. The molecule has 0 amide bonds. The molecular weight excluding hydrogens is 243 g/mol. The monoisotopic (exact) mass is 253 g/mol. The van der Waals surface area contributed by atoms with Crippen molar-refractivity contribution >= 4 is 0 Å². The summed E-state index contributed by atoms with van der Waals surface area (Å²) in [4.78, 5) is 3.40. The standard InChI is InChI=1S/C13H10F3NO/c14-13(15,16)12-11(9-4-2-1-3-5-9)10(8-18)6-7-17-12/h1-7,18H,8H2. The minimum atomic E-state index is -4.55. The molecule has 0 aliphatic heterocycles. The molecule has 0 atom stereocenters. The Labute approximate surface area is 102 Å². The predicted octanol–water partition coefficient (Wildman–Crippen LogP) is 3.26. The van der Waals surface area contributed by atoms with E-state index in [4.69, 9.17) is 0 Å². The van der Waals surface area contributed by atoms with Crippen LogP contribution in [0.3, 0.4) is 0 Å². The number of aliphatic hydroxyl groups is 1. The van der Waals surface area contributed by atoms with Crippen LogP contribution < -0.4 is 0 Å². The zero-order valence-corrected chi connectivity index (χ0v) is 9.28. The van der Waals surface area contributed by atoms with E-state index in [2.05, 4.69) is 4.98 Å². The van der Waals surface area contributed by atoms with Gasteiger partial charge in [-0.2, -0.15) is 13.2 Å². The Balaban J connectivity index is 2.70. The van der Waals surface area contributed by atoms with Crippen molar-refractivity contribution in [1.82, 2.24) is 4.98 Å². The molecule has 0 fully saturated rings. The predicted molar refractivity (Wildman–Crippen MR) is 60.6 cm³/mol. The van der Waals surface area contributed by atoms with Crippen LogP contribution in [0.1, 0.15) is 11.3 Å². The third-order valence-corrected chi connectivity index (χ3v) is 2.54. The number of pyridine rings is 1. The van der Waals surface area contributed by atoms with E-state index >= 15 is 0 Å². The number of hydrogen-bond acceptors (Lipinski definition) is 2. The molecule has 0 aliphatic carbocycles. The molecule has 0 saturated heterocycles. The molecule has 94 valence electrons. The quantitative estimate of drug-likeness (QED) is 0.891. The molecule has 0 bridgehead atoms. The molecule has 0 spiro atoms. The zero-order chi connectivity index (χ0) is 13.2. The fraction of sp³-hybridized carbons (Fsp3) is 0.154. The molecule has 1 aromatic heterocycles. The van der Waals surface area contributed by atoms with Crippen LogP contribution in [0.4, 0.5) is 13.2 Å². The molecule has 1 heterocycles. The summed E-state index contributed by atoms with van der Waals surface area (Å²) in [5.74, 6) is 0. The summed E-state index contributed by atoms with van der Waals surface area (Å²) in [6, 6.07) is 9.51. The van der Waals surface area contributed by atoms with Crippen molar-refractivity contribution in [3.05, 3.63) is 53.9 Å². The van der Waals surface area contributed by atoms with E-state index in [1.54, 1.807) is 30.3 Å². The molecule has 18 heavy (non-hydrogen) atoms. The lowest BCUT2D eigenvalue weighted by molar-refractivity contribution is -0.140. The van der Waals surface area contributed by atoms with Crippen molar-refractivity contribution in [3.63, 3.8) is 0 Å². The van der Waals surface area contributed by atoms with E-state index in [1.807, 2.05) is 0 Å². The lowest BCUT2D eigenvalue weighted by atomic mass is 9.98. The van der Waals surface area contributed by atoms with E-state index in [-0.39, 0.29) is 11.1 Å². The van der Waals surface area contributed by atoms with Gasteiger partial charge in [0.15, 0.2) is 5.69 Å². The average molecular weight is 253 g/mol. The first-order chi connectivity index (χ1) is 8.54. The fourth-order valence-electron chi connectivity index (χ4n) is 1.78. The molecule has 1 N–H and O–H groups in total. The van der Waals surface area contributed by atoms with Gasteiger partial charge in [-0.05, 0) is 17.2 Å². The van der Waals surface area contributed by atoms with Crippen LogP contribution in [0.15, 0.2) is 42.6 Å². The number of hydrogen-bond donors (Lipinski definition) is 1. The van der Waals surface area contributed by atoms with E-state index in [0.717, 1.165) is 6.20 Å². The Morgan fingerprint density at radius 2 is 1.72 bits per heavy atom. The van der Waals surface area contributed by atoms with Gasteiger partial charge >= 0.3 is 6.18 Å². The second-order valence-corrected chi connectivity index (χ2v) is 3.72. The number of aromatic nitrogens is 1. The van der Waals surface area contributed by atoms with Crippen molar-refractivity contribution in [2.45, 2.75) is 12.8 Å². The minimum Gasteiger partial charge on any atom is -0.392 e. The van der Waals surface area contributed by atoms with Gasteiger partial charge in [0.2, 0.25) is 0 Å². The highest BCUT2D eigenvalue weighted by molar-refractivity contribution is 5.70. The van der Waals surface area contributed by atoms with Gasteiger partial charge in [-0.15, -0.1) is 0 Å². The third kappa shape index (κ3) is 2.36. The molecule has 2 nitrogen and oxygen atoms in total. The molecular formula is C13H10F3NO. The summed E-state index contributed by atoms with van der Waals surface area (Å²) in [6.45, 7) is -0.462. The highest BCUT2D eigenvalue weighted by atomic mass is 19.4. The van der Waals surface area contributed by atoms with E-state index in [9.17, 15) is 18.3 Å². The first-order valence-corrected chi connectivity index (χ1v) is 5.25. The number of nitrogens with zero attached hydrogens (tertiary/aromatic N) is 1. The number of benzene rings is 1. The van der Waals surface area contributed by atoms with Gasteiger partial charge in [-0.3, -0.25) is 4.98 Å². The van der Waals surface area contributed by atoms with Gasteiger partial charge in [-0.25, -0.2) is 0 Å². The van der Waals surface area contributed by atoms with E-state index < -0.39 is 18.5 Å². The Kier molecular flexibility index (Phi) is 3.34. The van der Waals surface area contributed by atoms with Crippen molar-refractivity contribution in [2.24, 2.45) is 0 Å². The maximum Gasteiger partial charge on any atom is 0.433 e. The first-order valence-electron chi connectivity index (χ1n) is 5.25. The lowest BCUT2D eigenvalue weighted by Gasteiger charge is -2.14. The van der Waals surface area contributed by atoms with Gasteiger partial charge < -0.3 is 5.11 Å².